The van der Waals surface area contributed by atoms with Crippen LogP contribution in [0.25, 0.3) is 0 Å². The quantitative estimate of drug-likeness (QED) is 0.756. The number of benzene rings is 2. The maximum atomic E-state index is 11.5. The molecule has 0 bridgehead atoms. The monoisotopic (exact) mass is 291 g/mol. The molecule has 2 aromatic rings. The van der Waals surface area contributed by atoms with Crippen LogP contribution in [0.4, 0.5) is 17.1 Å². The highest BCUT2D eigenvalue weighted by Gasteiger charge is 2.15. The Labute approximate surface area is 121 Å². The van der Waals surface area contributed by atoms with Crippen molar-refractivity contribution in [1.29, 1.82) is 0 Å². The largest absolute Gasteiger partial charge is 0.495 e. The number of halogens is 1. The maximum absolute atomic E-state index is 11.5. The summed E-state index contributed by atoms with van der Waals surface area (Å²) in [5, 5.41) is 3.37. The van der Waals surface area contributed by atoms with Gasteiger partial charge in [0.25, 0.3) is 5.91 Å². The SMILES string of the molecule is COc1ccccc1Nc1c(Cl)cc(N)cc1C(N)=O. The van der Waals surface area contributed by atoms with Gasteiger partial charge in [-0.1, -0.05) is 23.7 Å². The standard InChI is InChI=1S/C14H14ClN3O2/c1-20-12-5-3-2-4-11(12)18-13-9(14(17)19)6-8(16)7-10(13)15/h2-7,18H,16H2,1H3,(H2,17,19). The van der Waals surface area contributed by atoms with Crippen LogP contribution in [0.2, 0.25) is 5.02 Å². The van der Waals surface area contributed by atoms with Gasteiger partial charge in [-0.15, -0.1) is 0 Å². The lowest BCUT2D eigenvalue weighted by Crippen LogP contribution is -2.14. The van der Waals surface area contributed by atoms with E-state index in [4.69, 9.17) is 27.8 Å². The Kier molecular flexibility index (Phi) is 4.00. The second kappa shape index (κ2) is 5.71. The molecular formula is C14H14ClN3O2. The van der Waals surface area contributed by atoms with Crippen molar-refractivity contribution in [1.82, 2.24) is 0 Å². The van der Waals surface area contributed by atoms with Crippen molar-refractivity contribution in [2.24, 2.45) is 5.73 Å². The minimum absolute atomic E-state index is 0.223. The molecule has 0 aliphatic heterocycles. The Morgan fingerprint density at radius 1 is 1.30 bits per heavy atom. The predicted octanol–water partition coefficient (Wildman–Crippen LogP) is 2.77. The number of nitrogens with two attached hydrogens (primary N) is 2. The number of hydrogen-bond acceptors (Lipinski definition) is 4. The highest BCUT2D eigenvalue weighted by Crippen LogP contribution is 2.34. The van der Waals surface area contributed by atoms with Gasteiger partial charge in [-0.3, -0.25) is 4.79 Å². The molecule has 5 nitrogen and oxygen atoms in total. The number of carbonyl (C=O) groups is 1. The summed E-state index contributed by atoms with van der Waals surface area (Å²) in [7, 11) is 1.56. The van der Waals surface area contributed by atoms with Crippen LogP contribution >= 0.6 is 11.6 Å². The third-order valence-corrected chi connectivity index (χ3v) is 3.04. The van der Waals surface area contributed by atoms with Crippen molar-refractivity contribution in [2.75, 3.05) is 18.2 Å². The first-order chi connectivity index (χ1) is 9.52. The smallest absolute Gasteiger partial charge is 0.250 e. The third kappa shape index (κ3) is 2.78. The summed E-state index contributed by atoms with van der Waals surface area (Å²) in [6, 6.07) is 10.3. The Hall–Kier alpha value is -2.40. The molecule has 0 aliphatic rings. The third-order valence-electron chi connectivity index (χ3n) is 2.74. The summed E-state index contributed by atoms with van der Waals surface area (Å²) >= 11 is 6.13. The number of primary amides is 1. The predicted molar refractivity (Wildman–Crippen MR) is 80.7 cm³/mol. The number of methoxy groups -OCH3 is 1. The molecule has 0 radical (unpaired) electrons. The lowest BCUT2D eigenvalue weighted by Gasteiger charge is -2.15. The number of hydrogen-bond donors (Lipinski definition) is 3. The van der Waals surface area contributed by atoms with Crippen LogP contribution in [-0.2, 0) is 0 Å². The van der Waals surface area contributed by atoms with Gasteiger partial charge in [0.05, 0.1) is 29.1 Å². The van der Waals surface area contributed by atoms with Crippen LogP contribution in [0.1, 0.15) is 10.4 Å². The minimum atomic E-state index is -0.614. The fraction of sp³-hybridized carbons (Fsp3) is 0.0714. The molecule has 0 aromatic heterocycles. The molecule has 0 saturated heterocycles. The fourth-order valence-electron chi connectivity index (χ4n) is 1.83. The van der Waals surface area contributed by atoms with Gasteiger partial charge in [0.1, 0.15) is 5.75 Å². The van der Waals surface area contributed by atoms with E-state index >= 15 is 0 Å². The van der Waals surface area contributed by atoms with E-state index in [0.717, 1.165) is 0 Å². The molecule has 6 heteroatoms. The lowest BCUT2D eigenvalue weighted by atomic mass is 10.1. The number of nitrogens with one attached hydrogen (secondary N) is 1. The summed E-state index contributed by atoms with van der Waals surface area (Å²) in [4.78, 5) is 11.5. The first kappa shape index (κ1) is 14.0. The average molecular weight is 292 g/mol. The summed E-state index contributed by atoms with van der Waals surface area (Å²) in [6.07, 6.45) is 0. The van der Waals surface area contributed by atoms with Crippen molar-refractivity contribution < 1.29 is 9.53 Å². The molecule has 2 aromatic carbocycles. The van der Waals surface area contributed by atoms with Gasteiger partial charge in [-0.25, -0.2) is 0 Å². The number of anilines is 3. The van der Waals surface area contributed by atoms with E-state index in [1.165, 1.54) is 6.07 Å². The molecule has 5 N–H and O–H groups in total. The zero-order valence-electron chi connectivity index (χ0n) is 10.8. The first-order valence-corrected chi connectivity index (χ1v) is 6.19. The number of ether oxygens (including phenoxy) is 1. The van der Waals surface area contributed by atoms with Gasteiger partial charge in [0.2, 0.25) is 0 Å². The van der Waals surface area contributed by atoms with Crippen LogP contribution in [0, 0.1) is 0 Å². The van der Waals surface area contributed by atoms with E-state index in [9.17, 15) is 4.79 Å². The van der Waals surface area contributed by atoms with Gasteiger partial charge < -0.3 is 21.5 Å². The van der Waals surface area contributed by atoms with Crippen molar-refractivity contribution in [3.8, 4) is 5.75 Å². The molecule has 20 heavy (non-hydrogen) atoms. The molecule has 2 rings (SSSR count). The number of amides is 1. The molecule has 1 amide bonds. The van der Waals surface area contributed by atoms with Gasteiger partial charge in [0.15, 0.2) is 0 Å². The average Bonchev–Trinajstić information content (AvgIpc) is 2.41. The highest BCUT2D eigenvalue weighted by molar-refractivity contribution is 6.34. The molecule has 104 valence electrons. The topological polar surface area (TPSA) is 90.4 Å². The second-order valence-electron chi connectivity index (χ2n) is 4.11. The zero-order valence-corrected chi connectivity index (χ0v) is 11.6. The summed E-state index contributed by atoms with van der Waals surface area (Å²) < 4.78 is 5.24. The van der Waals surface area contributed by atoms with E-state index in [0.29, 0.717) is 27.8 Å². The van der Waals surface area contributed by atoms with Crippen LogP contribution in [0.15, 0.2) is 36.4 Å². The van der Waals surface area contributed by atoms with E-state index in [1.54, 1.807) is 25.3 Å². The Balaban J connectivity index is 2.50. The zero-order chi connectivity index (χ0) is 14.7. The van der Waals surface area contributed by atoms with Gasteiger partial charge in [-0.2, -0.15) is 0 Å². The number of carbonyl (C=O) groups excluding carboxylic acids is 1. The minimum Gasteiger partial charge on any atom is -0.495 e. The summed E-state index contributed by atoms with van der Waals surface area (Å²) in [6.45, 7) is 0. The number of rotatable bonds is 4. The van der Waals surface area contributed by atoms with E-state index in [2.05, 4.69) is 5.32 Å². The first-order valence-electron chi connectivity index (χ1n) is 5.81. The van der Waals surface area contributed by atoms with Crippen molar-refractivity contribution in [3.63, 3.8) is 0 Å². The summed E-state index contributed by atoms with van der Waals surface area (Å²) in [5.74, 6) is 0.00686. The lowest BCUT2D eigenvalue weighted by molar-refractivity contribution is 0.100. The van der Waals surface area contributed by atoms with Crippen LogP contribution in [0.5, 0.6) is 5.75 Å². The van der Waals surface area contributed by atoms with Crippen molar-refractivity contribution in [3.05, 3.63) is 47.0 Å². The van der Waals surface area contributed by atoms with E-state index in [1.807, 2.05) is 12.1 Å². The molecule has 0 spiro atoms. The van der Waals surface area contributed by atoms with Crippen LogP contribution in [-0.4, -0.2) is 13.0 Å². The van der Waals surface area contributed by atoms with Gasteiger partial charge >= 0.3 is 0 Å². The molecule has 0 unspecified atom stereocenters. The second-order valence-corrected chi connectivity index (χ2v) is 4.52. The molecule has 0 heterocycles. The molecule has 0 fully saturated rings. The van der Waals surface area contributed by atoms with E-state index < -0.39 is 5.91 Å². The van der Waals surface area contributed by atoms with Gasteiger partial charge in [-0.05, 0) is 24.3 Å². The van der Waals surface area contributed by atoms with E-state index in [-0.39, 0.29) is 5.56 Å². The summed E-state index contributed by atoms with van der Waals surface area (Å²) in [5.41, 5.74) is 12.7. The van der Waals surface area contributed by atoms with Crippen LogP contribution < -0.4 is 21.5 Å². The Morgan fingerprint density at radius 2 is 2.00 bits per heavy atom. The molecule has 0 aliphatic carbocycles. The number of nitrogen functional groups attached to an aromatic ring is 1. The molecule has 0 saturated carbocycles. The number of para-hydroxylation sites is 2. The Morgan fingerprint density at radius 3 is 2.65 bits per heavy atom. The normalized spacial score (nSPS) is 10.1. The Bertz CT molecular complexity index is 659. The maximum Gasteiger partial charge on any atom is 0.250 e. The van der Waals surface area contributed by atoms with Crippen molar-refractivity contribution in [2.45, 2.75) is 0 Å². The fourth-order valence-corrected chi connectivity index (χ4v) is 2.11. The van der Waals surface area contributed by atoms with Crippen molar-refractivity contribution >= 4 is 34.6 Å². The van der Waals surface area contributed by atoms with Gasteiger partial charge in [0, 0.05) is 5.69 Å². The highest BCUT2D eigenvalue weighted by atomic mass is 35.5. The molecule has 0 atom stereocenters. The van der Waals surface area contributed by atoms with Crippen LogP contribution in [0.3, 0.4) is 0 Å². The molecular weight excluding hydrogens is 278 g/mol.